The maximum atomic E-state index is 13.7. The summed E-state index contributed by atoms with van der Waals surface area (Å²) in [5.74, 6) is -0.449. The van der Waals surface area contributed by atoms with Gasteiger partial charge in [-0.25, -0.2) is 4.39 Å². The molecule has 17 heavy (non-hydrogen) atoms. The van der Waals surface area contributed by atoms with Crippen molar-refractivity contribution in [2.45, 2.75) is 0 Å². The van der Waals surface area contributed by atoms with Crippen molar-refractivity contribution in [2.24, 2.45) is 0 Å². The molecule has 0 spiro atoms. The van der Waals surface area contributed by atoms with Crippen LogP contribution in [0.25, 0.3) is 0 Å². The summed E-state index contributed by atoms with van der Waals surface area (Å²) in [6, 6.07) is 4.25. The Balaban J connectivity index is 2.18. The van der Waals surface area contributed by atoms with E-state index in [1.54, 1.807) is 11.0 Å². The van der Waals surface area contributed by atoms with Crippen LogP contribution in [0.3, 0.4) is 0 Å². The highest BCUT2D eigenvalue weighted by atomic mass is 19.1. The van der Waals surface area contributed by atoms with Gasteiger partial charge in [-0.2, -0.15) is 0 Å². The summed E-state index contributed by atoms with van der Waals surface area (Å²) < 4.78 is 23.7. The third-order valence-corrected chi connectivity index (χ3v) is 2.70. The number of nitrogens with zero attached hydrogens (tertiary/aromatic N) is 1. The van der Waals surface area contributed by atoms with Crippen LogP contribution < -0.4 is 4.74 Å². The Morgan fingerprint density at radius 2 is 2.12 bits per heavy atom. The lowest BCUT2D eigenvalue weighted by molar-refractivity contribution is 0.0300. The van der Waals surface area contributed by atoms with E-state index in [1.807, 2.05) is 0 Å². The lowest BCUT2D eigenvalue weighted by Gasteiger charge is -2.27. The predicted molar refractivity (Wildman–Crippen MR) is 59.7 cm³/mol. The number of methoxy groups -OCH3 is 1. The van der Waals surface area contributed by atoms with Crippen LogP contribution in [0.5, 0.6) is 5.75 Å². The Labute approximate surface area is 98.9 Å². The molecule has 1 aliphatic rings. The highest BCUT2D eigenvalue weighted by molar-refractivity contribution is 5.94. The quantitative estimate of drug-likeness (QED) is 0.781. The molecule has 4 nitrogen and oxygen atoms in total. The van der Waals surface area contributed by atoms with E-state index in [-0.39, 0.29) is 11.5 Å². The summed E-state index contributed by atoms with van der Waals surface area (Å²) in [6.45, 7) is 2.02. The SMILES string of the molecule is COc1ccc(C(=O)N2CCOCC2)c(F)c1. The van der Waals surface area contributed by atoms with Crippen molar-refractivity contribution < 1.29 is 18.7 Å². The molecule has 1 heterocycles. The first-order valence-corrected chi connectivity index (χ1v) is 5.43. The van der Waals surface area contributed by atoms with Gasteiger partial charge in [-0.05, 0) is 12.1 Å². The zero-order valence-corrected chi connectivity index (χ0v) is 9.61. The minimum atomic E-state index is -0.555. The number of carbonyl (C=O) groups excluding carboxylic acids is 1. The molecule has 0 radical (unpaired) electrons. The van der Waals surface area contributed by atoms with Crippen molar-refractivity contribution in [2.75, 3.05) is 33.4 Å². The maximum absolute atomic E-state index is 13.7. The molecule has 0 saturated carbocycles. The van der Waals surface area contributed by atoms with E-state index >= 15 is 0 Å². The van der Waals surface area contributed by atoms with Crippen molar-refractivity contribution in [1.82, 2.24) is 4.90 Å². The molecule has 1 aromatic rings. The summed E-state index contributed by atoms with van der Waals surface area (Å²) in [7, 11) is 1.46. The number of halogens is 1. The van der Waals surface area contributed by atoms with Gasteiger partial charge in [0.25, 0.3) is 5.91 Å². The second-order valence-corrected chi connectivity index (χ2v) is 3.75. The summed E-state index contributed by atoms with van der Waals surface area (Å²) in [5, 5.41) is 0. The molecule has 0 atom stereocenters. The van der Waals surface area contributed by atoms with Crippen LogP contribution in [-0.4, -0.2) is 44.2 Å². The standard InChI is InChI=1S/C12H14FNO3/c1-16-9-2-3-10(11(13)8-9)12(15)14-4-6-17-7-5-14/h2-3,8H,4-7H2,1H3. The highest BCUT2D eigenvalue weighted by Gasteiger charge is 2.21. The first-order valence-electron chi connectivity index (χ1n) is 5.43. The fourth-order valence-corrected chi connectivity index (χ4v) is 1.73. The molecule has 1 aromatic carbocycles. The molecule has 0 N–H and O–H groups in total. The van der Waals surface area contributed by atoms with Crippen LogP contribution in [0.4, 0.5) is 4.39 Å². The van der Waals surface area contributed by atoms with Crippen molar-refractivity contribution in [1.29, 1.82) is 0 Å². The fraction of sp³-hybridized carbons (Fsp3) is 0.417. The fourth-order valence-electron chi connectivity index (χ4n) is 1.73. The molecule has 1 aliphatic heterocycles. The van der Waals surface area contributed by atoms with Crippen LogP contribution in [0, 0.1) is 5.82 Å². The van der Waals surface area contributed by atoms with E-state index in [4.69, 9.17) is 9.47 Å². The maximum Gasteiger partial charge on any atom is 0.256 e. The second-order valence-electron chi connectivity index (χ2n) is 3.75. The molecule has 0 bridgehead atoms. The monoisotopic (exact) mass is 239 g/mol. The van der Waals surface area contributed by atoms with Crippen LogP contribution in [0.15, 0.2) is 18.2 Å². The lowest BCUT2D eigenvalue weighted by atomic mass is 10.1. The van der Waals surface area contributed by atoms with Gasteiger partial charge in [-0.3, -0.25) is 4.79 Å². The molecule has 5 heteroatoms. The van der Waals surface area contributed by atoms with Crippen molar-refractivity contribution in [3.8, 4) is 5.75 Å². The minimum Gasteiger partial charge on any atom is -0.497 e. The number of ether oxygens (including phenoxy) is 2. The van der Waals surface area contributed by atoms with Gasteiger partial charge in [-0.15, -0.1) is 0 Å². The lowest BCUT2D eigenvalue weighted by Crippen LogP contribution is -2.41. The van der Waals surface area contributed by atoms with Gasteiger partial charge in [0.1, 0.15) is 11.6 Å². The highest BCUT2D eigenvalue weighted by Crippen LogP contribution is 2.18. The van der Waals surface area contributed by atoms with Crippen LogP contribution in [0.1, 0.15) is 10.4 Å². The summed E-state index contributed by atoms with van der Waals surface area (Å²) >= 11 is 0. The number of amides is 1. The number of benzene rings is 1. The molecule has 1 fully saturated rings. The molecule has 1 amide bonds. The summed E-state index contributed by atoms with van der Waals surface area (Å²) in [5.41, 5.74) is 0.0766. The first kappa shape index (κ1) is 11.9. The minimum absolute atomic E-state index is 0.0766. The summed E-state index contributed by atoms with van der Waals surface area (Å²) in [4.78, 5) is 13.6. The Hall–Kier alpha value is -1.62. The zero-order valence-electron chi connectivity index (χ0n) is 9.61. The van der Waals surface area contributed by atoms with Gasteiger partial charge in [0.05, 0.1) is 25.9 Å². The van der Waals surface area contributed by atoms with Gasteiger partial charge in [0.2, 0.25) is 0 Å². The second kappa shape index (κ2) is 5.14. The van der Waals surface area contributed by atoms with Gasteiger partial charge in [0.15, 0.2) is 0 Å². The van der Waals surface area contributed by atoms with Crippen molar-refractivity contribution in [3.63, 3.8) is 0 Å². The number of hydrogen-bond donors (Lipinski definition) is 0. The van der Waals surface area contributed by atoms with Gasteiger partial charge < -0.3 is 14.4 Å². The van der Waals surface area contributed by atoms with Crippen LogP contribution in [0.2, 0.25) is 0 Å². The number of hydrogen-bond acceptors (Lipinski definition) is 3. The average Bonchev–Trinajstić information content (AvgIpc) is 2.39. The topological polar surface area (TPSA) is 38.8 Å². The Kier molecular flexibility index (Phi) is 3.58. The Morgan fingerprint density at radius 1 is 1.41 bits per heavy atom. The first-order chi connectivity index (χ1) is 8.22. The van der Waals surface area contributed by atoms with Crippen molar-refractivity contribution in [3.05, 3.63) is 29.6 Å². The smallest absolute Gasteiger partial charge is 0.256 e. The van der Waals surface area contributed by atoms with E-state index in [9.17, 15) is 9.18 Å². The third kappa shape index (κ3) is 2.55. The van der Waals surface area contributed by atoms with Crippen LogP contribution in [-0.2, 0) is 4.74 Å². The molecular weight excluding hydrogens is 225 g/mol. The molecular formula is C12H14FNO3. The number of rotatable bonds is 2. The van der Waals surface area contributed by atoms with E-state index in [0.29, 0.717) is 32.1 Å². The zero-order chi connectivity index (χ0) is 12.3. The molecule has 0 aliphatic carbocycles. The molecule has 2 rings (SSSR count). The molecule has 92 valence electrons. The third-order valence-electron chi connectivity index (χ3n) is 2.70. The normalized spacial score (nSPS) is 15.8. The van der Waals surface area contributed by atoms with Crippen LogP contribution >= 0.6 is 0 Å². The molecule has 0 unspecified atom stereocenters. The molecule has 0 aromatic heterocycles. The van der Waals surface area contributed by atoms with E-state index < -0.39 is 5.82 Å². The number of carbonyl (C=O) groups is 1. The predicted octanol–water partition coefficient (Wildman–Crippen LogP) is 1.31. The summed E-state index contributed by atoms with van der Waals surface area (Å²) in [6.07, 6.45) is 0. The van der Waals surface area contributed by atoms with Gasteiger partial charge in [0, 0.05) is 19.2 Å². The Morgan fingerprint density at radius 3 is 2.71 bits per heavy atom. The Bertz CT molecular complexity index is 416. The molecule has 1 saturated heterocycles. The van der Waals surface area contributed by atoms with Crippen molar-refractivity contribution >= 4 is 5.91 Å². The van der Waals surface area contributed by atoms with Gasteiger partial charge >= 0.3 is 0 Å². The van der Waals surface area contributed by atoms with Gasteiger partial charge in [-0.1, -0.05) is 0 Å². The largest absolute Gasteiger partial charge is 0.497 e. The van der Waals surface area contributed by atoms with E-state index in [0.717, 1.165) is 0 Å². The number of morpholine rings is 1. The van der Waals surface area contributed by atoms with E-state index in [2.05, 4.69) is 0 Å². The average molecular weight is 239 g/mol. The van der Waals surface area contributed by atoms with E-state index in [1.165, 1.54) is 19.2 Å².